The van der Waals surface area contributed by atoms with Crippen molar-refractivity contribution in [3.05, 3.63) is 125 Å². The Balaban J connectivity index is 1.30. The number of carboxylic acids is 1. The molecule has 2 aliphatic carbocycles. The van der Waals surface area contributed by atoms with Crippen LogP contribution in [0, 0.1) is 0 Å². The zero-order valence-electron chi connectivity index (χ0n) is 21.4. The molecule has 3 aromatic carbocycles. The number of nitrogens with zero attached hydrogens (tertiary/aromatic N) is 1. The van der Waals surface area contributed by atoms with Crippen molar-refractivity contribution in [1.82, 2.24) is 4.98 Å². The molecule has 0 amide bonds. The minimum Gasteiger partial charge on any atom is -0.489 e. The van der Waals surface area contributed by atoms with Crippen LogP contribution in [0.15, 0.2) is 97.3 Å². The van der Waals surface area contributed by atoms with E-state index in [4.69, 9.17) is 16.3 Å². The summed E-state index contributed by atoms with van der Waals surface area (Å²) < 4.78 is 6.12. The summed E-state index contributed by atoms with van der Waals surface area (Å²) in [6.45, 7) is 0.442. The number of fused-ring (bicyclic) bond motifs is 2. The summed E-state index contributed by atoms with van der Waals surface area (Å²) in [6.07, 6.45) is 8.21. The lowest BCUT2D eigenvalue weighted by Crippen LogP contribution is -2.52. The standard InChI is InChI=1S/C33H29ClN2O3/c34-26-9-4-10-27(20-26)36-33(31(37)38)15-13-32(14-16-33)29-12-2-1-7-25(29)19-30(32)24-8-3-11-28(18-24)39-22-23-6-5-17-35-21-23/h1-12,17-21,36H,13-16,22H2,(H,37,38). The number of halogens is 1. The van der Waals surface area contributed by atoms with Gasteiger partial charge in [0, 0.05) is 34.1 Å². The number of aliphatic carboxylic acids is 1. The van der Waals surface area contributed by atoms with Crippen molar-refractivity contribution >= 4 is 34.9 Å². The van der Waals surface area contributed by atoms with E-state index in [1.807, 2.05) is 42.6 Å². The second-order valence-electron chi connectivity index (χ2n) is 10.4. The van der Waals surface area contributed by atoms with Crippen LogP contribution in [0.1, 0.15) is 47.9 Å². The number of ether oxygens (including phenoxy) is 1. The highest BCUT2D eigenvalue weighted by atomic mass is 35.5. The lowest BCUT2D eigenvalue weighted by Gasteiger charge is -2.45. The molecule has 2 N–H and O–H groups in total. The molecule has 4 aromatic rings. The second-order valence-corrected chi connectivity index (χ2v) is 10.9. The van der Waals surface area contributed by atoms with Crippen LogP contribution >= 0.6 is 11.6 Å². The number of hydrogen-bond acceptors (Lipinski definition) is 4. The van der Waals surface area contributed by atoms with Gasteiger partial charge in [-0.05, 0) is 90.4 Å². The molecule has 0 saturated heterocycles. The zero-order chi connectivity index (χ0) is 26.9. The summed E-state index contributed by atoms with van der Waals surface area (Å²) in [5, 5.41) is 14.3. The Morgan fingerprint density at radius 2 is 1.77 bits per heavy atom. The van der Waals surface area contributed by atoms with Crippen molar-refractivity contribution in [2.24, 2.45) is 0 Å². The molecule has 6 heteroatoms. The molecule has 1 fully saturated rings. The molecule has 0 aliphatic heterocycles. The molecular formula is C33H29ClN2O3. The average molecular weight is 537 g/mol. The van der Waals surface area contributed by atoms with Gasteiger partial charge in [0.1, 0.15) is 17.9 Å². The Morgan fingerprint density at radius 3 is 2.54 bits per heavy atom. The number of carboxylic acid groups (broad SMARTS) is 1. The van der Waals surface area contributed by atoms with Crippen LogP contribution in [0.2, 0.25) is 5.02 Å². The maximum absolute atomic E-state index is 12.7. The third-order valence-electron chi connectivity index (χ3n) is 8.14. The first-order chi connectivity index (χ1) is 19.0. The van der Waals surface area contributed by atoms with Crippen molar-refractivity contribution in [1.29, 1.82) is 0 Å². The molecule has 39 heavy (non-hydrogen) atoms. The fourth-order valence-electron chi connectivity index (χ4n) is 6.14. The van der Waals surface area contributed by atoms with Gasteiger partial charge in [-0.25, -0.2) is 4.79 Å². The SMILES string of the molecule is O=C(O)C1(Nc2cccc(Cl)c2)CCC2(CC1)C(c1cccc(OCc3cccnc3)c1)=Cc1ccccc12. The zero-order valence-corrected chi connectivity index (χ0v) is 22.2. The summed E-state index contributed by atoms with van der Waals surface area (Å²) in [5.41, 5.74) is 5.18. The average Bonchev–Trinajstić information content (AvgIpc) is 3.28. The van der Waals surface area contributed by atoms with Crippen LogP contribution in [0.3, 0.4) is 0 Å². The van der Waals surface area contributed by atoms with Crippen molar-refractivity contribution in [3.63, 3.8) is 0 Å². The number of benzene rings is 3. The predicted octanol–water partition coefficient (Wildman–Crippen LogP) is 7.62. The Kier molecular flexibility index (Phi) is 6.61. The molecular weight excluding hydrogens is 508 g/mol. The van der Waals surface area contributed by atoms with Crippen LogP contribution in [-0.4, -0.2) is 21.6 Å². The van der Waals surface area contributed by atoms with E-state index in [1.54, 1.807) is 18.3 Å². The number of carbonyl (C=O) groups is 1. The molecule has 6 rings (SSSR count). The van der Waals surface area contributed by atoms with Gasteiger partial charge in [0.05, 0.1) is 0 Å². The van der Waals surface area contributed by atoms with Gasteiger partial charge in [-0.2, -0.15) is 0 Å². The summed E-state index contributed by atoms with van der Waals surface area (Å²) in [5.74, 6) is -0.0402. The van der Waals surface area contributed by atoms with E-state index in [1.165, 1.54) is 16.7 Å². The number of aromatic nitrogens is 1. The van der Waals surface area contributed by atoms with Crippen LogP contribution in [0.4, 0.5) is 5.69 Å². The molecule has 0 unspecified atom stereocenters. The summed E-state index contributed by atoms with van der Waals surface area (Å²) >= 11 is 6.19. The molecule has 196 valence electrons. The largest absolute Gasteiger partial charge is 0.489 e. The number of anilines is 1. The molecule has 0 radical (unpaired) electrons. The van der Waals surface area contributed by atoms with Gasteiger partial charge < -0.3 is 15.2 Å². The van der Waals surface area contributed by atoms with Crippen molar-refractivity contribution < 1.29 is 14.6 Å². The highest BCUT2D eigenvalue weighted by Crippen LogP contribution is 2.56. The summed E-state index contributed by atoms with van der Waals surface area (Å²) in [7, 11) is 0. The molecule has 5 nitrogen and oxygen atoms in total. The molecule has 1 heterocycles. The van der Waals surface area contributed by atoms with E-state index in [0.29, 0.717) is 37.3 Å². The van der Waals surface area contributed by atoms with E-state index in [-0.39, 0.29) is 5.41 Å². The number of nitrogens with one attached hydrogen (secondary N) is 1. The molecule has 1 aromatic heterocycles. The van der Waals surface area contributed by atoms with Crippen LogP contribution < -0.4 is 10.1 Å². The fourth-order valence-corrected chi connectivity index (χ4v) is 6.33. The monoisotopic (exact) mass is 536 g/mol. The Morgan fingerprint density at radius 1 is 0.949 bits per heavy atom. The van der Waals surface area contributed by atoms with E-state index >= 15 is 0 Å². The third-order valence-corrected chi connectivity index (χ3v) is 8.37. The second kappa shape index (κ2) is 10.2. The topological polar surface area (TPSA) is 71.5 Å². The highest BCUT2D eigenvalue weighted by molar-refractivity contribution is 6.30. The third kappa shape index (κ3) is 4.79. The van der Waals surface area contributed by atoms with Crippen LogP contribution in [0.5, 0.6) is 5.75 Å². The number of hydrogen-bond donors (Lipinski definition) is 2. The van der Waals surface area contributed by atoms with E-state index < -0.39 is 11.5 Å². The van der Waals surface area contributed by atoms with E-state index in [9.17, 15) is 9.90 Å². The Hall–Kier alpha value is -4.09. The number of rotatable bonds is 7. The number of pyridine rings is 1. The molecule has 0 atom stereocenters. The van der Waals surface area contributed by atoms with Gasteiger partial charge in [0.2, 0.25) is 0 Å². The van der Waals surface area contributed by atoms with Gasteiger partial charge in [0.25, 0.3) is 0 Å². The Labute approximate surface area is 233 Å². The summed E-state index contributed by atoms with van der Waals surface area (Å²) in [4.78, 5) is 16.8. The lowest BCUT2D eigenvalue weighted by molar-refractivity contribution is -0.143. The maximum atomic E-state index is 12.7. The minimum atomic E-state index is -1.06. The van der Waals surface area contributed by atoms with Gasteiger partial charge in [-0.15, -0.1) is 0 Å². The Bertz CT molecular complexity index is 1540. The highest BCUT2D eigenvalue weighted by Gasteiger charge is 2.51. The number of allylic oxidation sites excluding steroid dienone is 1. The lowest BCUT2D eigenvalue weighted by atomic mass is 9.61. The first-order valence-electron chi connectivity index (χ1n) is 13.2. The smallest absolute Gasteiger partial charge is 0.329 e. The first kappa shape index (κ1) is 25.2. The van der Waals surface area contributed by atoms with Gasteiger partial charge >= 0.3 is 5.97 Å². The van der Waals surface area contributed by atoms with Gasteiger partial charge in [-0.1, -0.05) is 60.1 Å². The molecule has 0 bridgehead atoms. The van der Waals surface area contributed by atoms with E-state index in [0.717, 1.165) is 22.6 Å². The summed E-state index contributed by atoms with van der Waals surface area (Å²) in [6, 6.07) is 27.9. The van der Waals surface area contributed by atoms with Crippen LogP contribution in [-0.2, 0) is 16.8 Å². The van der Waals surface area contributed by atoms with Gasteiger partial charge in [0.15, 0.2) is 0 Å². The predicted molar refractivity (Wildman–Crippen MR) is 155 cm³/mol. The van der Waals surface area contributed by atoms with Crippen molar-refractivity contribution in [2.45, 2.75) is 43.2 Å². The van der Waals surface area contributed by atoms with E-state index in [2.05, 4.69) is 52.8 Å². The first-order valence-corrected chi connectivity index (χ1v) is 13.6. The van der Waals surface area contributed by atoms with Crippen molar-refractivity contribution in [3.8, 4) is 5.75 Å². The fraction of sp³-hybridized carbons (Fsp3) is 0.212. The molecule has 1 spiro atoms. The van der Waals surface area contributed by atoms with Crippen LogP contribution in [0.25, 0.3) is 11.6 Å². The minimum absolute atomic E-state index is 0.270. The van der Waals surface area contributed by atoms with Gasteiger partial charge in [-0.3, -0.25) is 4.98 Å². The quantitative estimate of drug-likeness (QED) is 0.254. The molecule has 1 saturated carbocycles. The van der Waals surface area contributed by atoms with Crippen molar-refractivity contribution in [2.75, 3.05) is 5.32 Å². The molecule has 2 aliphatic rings. The maximum Gasteiger partial charge on any atom is 0.329 e. The normalized spacial score (nSPS) is 21.7.